The second-order valence-corrected chi connectivity index (χ2v) is 3.96. The molecular formula is C12H8Br2. The van der Waals surface area contributed by atoms with Gasteiger partial charge in [0.05, 0.1) is 11.0 Å². The maximum Gasteiger partial charge on any atom is 0.0635 e. The highest BCUT2D eigenvalue weighted by atomic mass is 79.9. The van der Waals surface area contributed by atoms with Gasteiger partial charge in [-0.3, -0.25) is 0 Å². The third kappa shape index (κ3) is 1.91. The summed E-state index contributed by atoms with van der Waals surface area (Å²) in [6, 6.07) is -3.15. The van der Waals surface area contributed by atoms with E-state index in [1.54, 1.807) is 0 Å². The molecule has 2 aromatic rings. The quantitative estimate of drug-likeness (QED) is 0.703. The maximum absolute atomic E-state index is 8.00. The summed E-state index contributed by atoms with van der Waals surface area (Å²) in [5, 5.41) is 0. The third-order valence-corrected chi connectivity index (χ3v) is 2.72. The molecule has 2 heteroatoms. The minimum atomic E-state index is -0.470. The smallest absolute Gasteiger partial charge is 0.0616 e. The number of hydrogen-bond donors (Lipinski definition) is 0. The lowest BCUT2D eigenvalue weighted by Gasteiger charge is -2.06. The average Bonchev–Trinajstić information content (AvgIpc) is 2.50. The Morgan fingerprint density at radius 2 is 1.07 bits per heavy atom. The second kappa shape index (κ2) is 4.28. The summed E-state index contributed by atoms with van der Waals surface area (Å²) in [4.78, 5) is 0. The van der Waals surface area contributed by atoms with Crippen molar-refractivity contribution in [3.63, 3.8) is 0 Å². The van der Waals surface area contributed by atoms with E-state index in [4.69, 9.17) is 11.0 Å². The lowest BCUT2D eigenvalue weighted by Crippen LogP contribution is -1.80. The summed E-state index contributed by atoms with van der Waals surface area (Å²) in [5.41, 5.74) is -0.0187. The molecule has 0 aromatic heterocycles. The Kier molecular flexibility index (Phi) is 1.26. The number of halogens is 2. The Bertz CT molecular complexity index is 677. The first-order chi connectivity index (χ1) is 10.1. The molecule has 2 rings (SSSR count). The normalized spacial score (nSPS) is 18.1. The van der Waals surface area contributed by atoms with E-state index >= 15 is 0 Å². The van der Waals surface area contributed by atoms with E-state index in [1.807, 2.05) is 0 Å². The van der Waals surface area contributed by atoms with E-state index in [2.05, 4.69) is 31.9 Å². The summed E-state index contributed by atoms with van der Waals surface area (Å²) in [7, 11) is 0. The van der Waals surface area contributed by atoms with Gasteiger partial charge < -0.3 is 0 Å². The summed E-state index contributed by atoms with van der Waals surface area (Å²) in [6.07, 6.45) is 0. The summed E-state index contributed by atoms with van der Waals surface area (Å²) >= 11 is 6.21. The van der Waals surface area contributed by atoms with Crippen molar-refractivity contribution in [1.29, 1.82) is 0 Å². The van der Waals surface area contributed by atoms with E-state index < -0.39 is 24.2 Å². The maximum atomic E-state index is 8.00. The Hall–Kier alpha value is -0.600. The average molecular weight is 320 g/mol. The highest BCUT2D eigenvalue weighted by Crippen LogP contribution is 2.32. The fourth-order valence-corrected chi connectivity index (χ4v) is 1.73. The van der Waals surface area contributed by atoms with Crippen molar-refractivity contribution in [3.8, 4) is 11.1 Å². The van der Waals surface area contributed by atoms with Gasteiger partial charge in [0.1, 0.15) is 0 Å². The van der Waals surface area contributed by atoms with Gasteiger partial charge in [0.15, 0.2) is 0 Å². The predicted octanol–water partition coefficient (Wildman–Crippen LogP) is 4.88. The largest absolute Gasteiger partial charge is 0.0635 e. The molecule has 0 fully saturated rings. The molecule has 0 atom stereocenters. The molecule has 0 bridgehead atoms. The number of benzene rings is 2. The second-order valence-electron chi connectivity index (χ2n) is 2.38. The molecule has 0 aliphatic carbocycles. The van der Waals surface area contributed by atoms with E-state index in [9.17, 15) is 0 Å². The van der Waals surface area contributed by atoms with Crippen molar-refractivity contribution in [2.45, 2.75) is 0 Å². The predicted molar refractivity (Wildman–Crippen MR) is 67.3 cm³/mol. The molecule has 0 unspecified atom stereocenters. The highest BCUT2D eigenvalue weighted by molar-refractivity contribution is 9.11. The zero-order chi connectivity index (χ0) is 16.9. The zero-order valence-corrected chi connectivity index (χ0v) is 9.93. The van der Waals surface area contributed by atoms with Gasteiger partial charge in [-0.05, 0) is 23.2 Å². The van der Waals surface area contributed by atoms with Gasteiger partial charge in [0.25, 0.3) is 0 Å². The fraction of sp³-hybridized carbons (Fsp3) is 0. The zero-order valence-electron chi connectivity index (χ0n) is 14.8. The number of rotatable bonds is 1. The van der Waals surface area contributed by atoms with Crippen LogP contribution in [0.3, 0.4) is 0 Å². The molecule has 0 radical (unpaired) electrons. The van der Waals surface area contributed by atoms with Crippen LogP contribution in [0.25, 0.3) is 11.1 Å². The van der Waals surface area contributed by atoms with Crippen molar-refractivity contribution in [3.05, 3.63) is 57.3 Å². The van der Waals surface area contributed by atoms with Crippen LogP contribution < -0.4 is 0 Å². The topological polar surface area (TPSA) is 0 Å². The molecule has 0 heterocycles. The Morgan fingerprint density at radius 1 is 0.714 bits per heavy atom. The van der Waals surface area contributed by atoms with Crippen LogP contribution in [0.4, 0.5) is 0 Å². The summed E-state index contributed by atoms with van der Waals surface area (Å²) in [5.74, 6) is 0. The van der Waals surface area contributed by atoms with Crippen molar-refractivity contribution in [1.82, 2.24) is 0 Å². The van der Waals surface area contributed by atoms with Crippen LogP contribution in [0, 0.1) is 0 Å². The summed E-state index contributed by atoms with van der Waals surface area (Å²) < 4.78 is 62.5. The van der Waals surface area contributed by atoms with Crippen molar-refractivity contribution in [2.24, 2.45) is 0 Å². The highest BCUT2D eigenvalue weighted by Gasteiger charge is 2.04. The fourth-order valence-electron chi connectivity index (χ4n) is 0.939. The van der Waals surface area contributed by atoms with Gasteiger partial charge in [0, 0.05) is 8.95 Å². The minimum Gasteiger partial charge on any atom is -0.0616 e. The first-order valence-corrected chi connectivity index (χ1v) is 5.21. The van der Waals surface area contributed by atoms with Gasteiger partial charge in [-0.25, -0.2) is 0 Å². The standard InChI is InChI=1S/C12H8Br2/c13-11-7-3-1-5-9(11)10-6-2-4-8-12(10)14/h1-8H/i1D,2D,3D,4D,5D,6D,7D,8D. The Balaban J connectivity index is 3.03. The molecule has 2 aromatic carbocycles. The first kappa shape index (κ1) is 4.11. The molecule has 0 aliphatic heterocycles. The van der Waals surface area contributed by atoms with E-state index in [0.29, 0.717) is 0 Å². The van der Waals surface area contributed by atoms with Crippen LogP contribution >= 0.6 is 31.9 Å². The van der Waals surface area contributed by atoms with E-state index in [1.165, 1.54) is 0 Å². The molecule has 0 saturated heterocycles. The third-order valence-electron chi connectivity index (χ3n) is 1.53. The van der Waals surface area contributed by atoms with Crippen LogP contribution in [-0.2, 0) is 0 Å². The molecule has 70 valence electrons. The van der Waals surface area contributed by atoms with E-state index in [0.717, 1.165) is 0 Å². The van der Waals surface area contributed by atoms with Crippen LogP contribution in [0.15, 0.2) is 57.3 Å². The first-order valence-electron chi connectivity index (χ1n) is 7.63. The van der Waals surface area contributed by atoms with Gasteiger partial charge in [0.2, 0.25) is 0 Å². The molecule has 0 saturated carbocycles. The molecule has 0 nitrogen and oxygen atoms in total. The van der Waals surface area contributed by atoms with Gasteiger partial charge in [-0.2, -0.15) is 0 Å². The SMILES string of the molecule is [2H]c1c([2H])c([2H])c(-c2c([2H])c([2H])c([2H])c([2H])c2Br)c(Br)c1[2H]. The van der Waals surface area contributed by atoms with Crippen molar-refractivity contribution >= 4 is 31.9 Å². The molecule has 14 heavy (non-hydrogen) atoms. The van der Waals surface area contributed by atoms with Crippen LogP contribution in [0.5, 0.6) is 0 Å². The summed E-state index contributed by atoms with van der Waals surface area (Å²) in [6.45, 7) is 0. The molecule has 0 N–H and O–H groups in total. The molecule has 0 amide bonds. The Morgan fingerprint density at radius 3 is 1.50 bits per heavy atom. The minimum absolute atomic E-state index is 0.00937. The van der Waals surface area contributed by atoms with Gasteiger partial charge in [-0.15, -0.1) is 0 Å². The molecular weight excluding hydrogens is 304 g/mol. The number of hydrogen-bond acceptors (Lipinski definition) is 0. The van der Waals surface area contributed by atoms with Gasteiger partial charge >= 0.3 is 0 Å². The molecule has 0 aliphatic rings. The lowest BCUT2D eigenvalue weighted by molar-refractivity contribution is 1.56. The van der Waals surface area contributed by atoms with Crippen LogP contribution in [-0.4, -0.2) is 0 Å². The Labute approximate surface area is 111 Å². The molecule has 0 spiro atoms. The van der Waals surface area contributed by atoms with Crippen molar-refractivity contribution < 1.29 is 11.0 Å². The van der Waals surface area contributed by atoms with E-state index in [-0.39, 0.29) is 44.2 Å². The van der Waals surface area contributed by atoms with Gasteiger partial charge in [-0.1, -0.05) is 68.1 Å². The monoisotopic (exact) mass is 318 g/mol. The lowest BCUT2D eigenvalue weighted by atomic mass is 10.1. The van der Waals surface area contributed by atoms with Crippen LogP contribution in [0.1, 0.15) is 11.0 Å². The van der Waals surface area contributed by atoms with Crippen molar-refractivity contribution in [2.75, 3.05) is 0 Å². The van der Waals surface area contributed by atoms with Crippen LogP contribution in [0.2, 0.25) is 0 Å².